The van der Waals surface area contributed by atoms with Crippen molar-refractivity contribution in [3.8, 4) is 0 Å². The molecule has 0 amide bonds. The Morgan fingerprint density at radius 1 is 0.812 bits per heavy atom. The zero-order valence-corrected chi connectivity index (χ0v) is 20.1. The van der Waals surface area contributed by atoms with Gasteiger partial charge in [0.05, 0.1) is 10.5 Å². The van der Waals surface area contributed by atoms with E-state index in [-0.39, 0.29) is 18.3 Å². The average molecular weight is 446 g/mol. The summed E-state index contributed by atoms with van der Waals surface area (Å²) >= 11 is 0. The second-order valence-electron chi connectivity index (χ2n) is 8.60. The third-order valence-corrected chi connectivity index (χ3v) is 5.77. The lowest BCUT2D eigenvalue weighted by molar-refractivity contribution is -0.375. The van der Waals surface area contributed by atoms with Crippen LogP contribution in [0.5, 0.6) is 0 Å². The second kappa shape index (κ2) is 19.5. The van der Waals surface area contributed by atoms with Gasteiger partial charge in [0.25, 0.3) is 5.70 Å². The largest absolute Gasteiger partial charge is 0.461 e. The van der Waals surface area contributed by atoms with Gasteiger partial charge < -0.3 is 4.74 Å². The van der Waals surface area contributed by atoms with Gasteiger partial charge in [-0.15, -0.1) is 0 Å². The van der Waals surface area contributed by atoms with Crippen LogP contribution in [0.4, 0.5) is 0 Å². The smallest absolute Gasteiger partial charge is 0.306 e. The zero-order valence-electron chi connectivity index (χ0n) is 20.1. The van der Waals surface area contributed by atoms with Crippen molar-refractivity contribution in [2.75, 3.05) is 6.61 Å². The summed E-state index contributed by atoms with van der Waals surface area (Å²) in [6.07, 6.45) is 21.0. The lowest BCUT2D eigenvalue weighted by Crippen LogP contribution is -2.06. The van der Waals surface area contributed by atoms with Crippen molar-refractivity contribution in [2.24, 2.45) is 0 Å². The van der Waals surface area contributed by atoms with Gasteiger partial charge in [-0.2, -0.15) is 0 Å². The van der Waals surface area contributed by atoms with Gasteiger partial charge in [-0.3, -0.25) is 14.9 Å². The minimum absolute atomic E-state index is 0.0367. The molecule has 32 heavy (non-hydrogen) atoms. The van der Waals surface area contributed by atoms with Crippen LogP contribution < -0.4 is 0 Å². The van der Waals surface area contributed by atoms with Crippen molar-refractivity contribution < 1.29 is 14.5 Å². The molecule has 0 aliphatic rings. The molecular formula is C27H43NO4. The molecule has 1 aromatic rings. The lowest BCUT2D eigenvalue weighted by atomic mass is 10.0. The highest BCUT2D eigenvalue weighted by Crippen LogP contribution is 2.15. The SMILES string of the molecule is CCCCCCCCCCCCCCCCCC(=O)OCC=C(c1ccccc1)[N+](=O)[O-]. The number of rotatable bonds is 20. The maximum Gasteiger partial charge on any atom is 0.306 e. The van der Waals surface area contributed by atoms with Crippen molar-refractivity contribution in [1.82, 2.24) is 0 Å². The van der Waals surface area contributed by atoms with Gasteiger partial charge in [0.15, 0.2) is 0 Å². The van der Waals surface area contributed by atoms with E-state index >= 15 is 0 Å². The van der Waals surface area contributed by atoms with Crippen molar-refractivity contribution >= 4 is 11.7 Å². The quantitative estimate of drug-likeness (QED) is 0.0879. The monoisotopic (exact) mass is 445 g/mol. The van der Waals surface area contributed by atoms with Crippen LogP contribution in [0.3, 0.4) is 0 Å². The molecule has 0 saturated carbocycles. The Labute approximate surface area is 194 Å². The Morgan fingerprint density at radius 3 is 1.75 bits per heavy atom. The summed E-state index contributed by atoms with van der Waals surface area (Å²) in [5.74, 6) is -0.285. The number of benzene rings is 1. The first-order valence-corrected chi connectivity index (χ1v) is 12.7. The molecule has 0 N–H and O–H groups in total. The number of nitro groups is 1. The molecule has 1 rings (SSSR count). The molecule has 5 nitrogen and oxygen atoms in total. The number of esters is 1. The Balaban J connectivity index is 1.96. The van der Waals surface area contributed by atoms with Gasteiger partial charge in [0.1, 0.15) is 6.61 Å². The van der Waals surface area contributed by atoms with Crippen LogP contribution in [0.2, 0.25) is 0 Å². The number of hydrogen-bond acceptors (Lipinski definition) is 4. The highest BCUT2D eigenvalue weighted by atomic mass is 16.6. The fourth-order valence-corrected chi connectivity index (χ4v) is 3.83. The molecule has 0 unspecified atom stereocenters. The first-order chi connectivity index (χ1) is 15.6. The lowest BCUT2D eigenvalue weighted by Gasteiger charge is -2.04. The average Bonchev–Trinajstić information content (AvgIpc) is 2.79. The molecule has 0 aromatic heterocycles. The van der Waals surface area contributed by atoms with Crippen LogP contribution in [0.25, 0.3) is 5.70 Å². The standard InChI is InChI=1S/C27H43NO4/c1-2-3-4-5-6-7-8-9-10-11-12-13-14-15-19-22-27(29)32-24-23-26(28(30)31)25-20-17-16-18-21-25/h16-18,20-21,23H,2-15,19,22,24H2,1H3. The summed E-state index contributed by atoms with van der Waals surface area (Å²) in [7, 11) is 0. The van der Waals surface area contributed by atoms with E-state index in [1.807, 2.05) is 0 Å². The minimum atomic E-state index is -0.447. The Kier molecular flexibility index (Phi) is 17.0. The first kappa shape index (κ1) is 27.9. The van der Waals surface area contributed by atoms with E-state index in [0.29, 0.717) is 12.0 Å². The molecule has 0 heterocycles. The van der Waals surface area contributed by atoms with Crippen molar-refractivity contribution in [2.45, 2.75) is 110 Å². The summed E-state index contributed by atoms with van der Waals surface area (Å²) in [5.41, 5.74) is 0.473. The Bertz CT molecular complexity index is 642. The molecular weight excluding hydrogens is 402 g/mol. The molecule has 0 fully saturated rings. The topological polar surface area (TPSA) is 69.4 Å². The number of hydrogen-bond donors (Lipinski definition) is 0. The van der Waals surface area contributed by atoms with E-state index < -0.39 is 4.92 Å². The van der Waals surface area contributed by atoms with E-state index in [1.54, 1.807) is 30.3 Å². The predicted molar refractivity (Wildman–Crippen MR) is 132 cm³/mol. The maximum absolute atomic E-state index is 11.8. The Hall–Kier alpha value is -2.17. The zero-order chi connectivity index (χ0) is 23.3. The molecule has 0 spiro atoms. The molecule has 5 heteroatoms. The van der Waals surface area contributed by atoms with Gasteiger partial charge in [-0.25, -0.2) is 0 Å². The molecule has 0 saturated heterocycles. The molecule has 0 atom stereocenters. The number of nitrogens with zero attached hydrogens (tertiary/aromatic N) is 1. The maximum atomic E-state index is 11.8. The number of unbranched alkanes of at least 4 members (excludes halogenated alkanes) is 14. The summed E-state index contributed by atoms with van der Waals surface area (Å²) < 4.78 is 5.14. The van der Waals surface area contributed by atoms with Gasteiger partial charge in [0.2, 0.25) is 0 Å². The van der Waals surface area contributed by atoms with Crippen molar-refractivity contribution in [3.05, 3.63) is 52.1 Å². The number of carbonyl (C=O) groups is 1. The van der Waals surface area contributed by atoms with Crippen molar-refractivity contribution in [3.63, 3.8) is 0 Å². The molecule has 0 aliphatic heterocycles. The van der Waals surface area contributed by atoms with E-state index in [0.717, 1.165) is 19.3 Å². The van der Waals surface area contributed by atoms with Gasteiger partial charge in [-0.05, 0) is 18.6 Å². The molecule has 0 radical (unpaired) electrons. The highest BCUT2D eigenvalue weighted by molar-refractivity contribution is 5.69. The fraction of sp³-hybridized carbons (Fsp3) is 0.667. The molecule has 1 aromatic carbocycles. The van der Waals surface area contributed by atoms with Crippen LogP contribution >= 0.6 is 0 Å². The van der Waals surface area contributed by atoms with Gasteiger partial charge in [0, 0.05) is 12.5 Å². The van der Waals surface area contributed by atoms with E-state index in [1.165, 1.54) is 83.1 Å². The summed E-state index contributed by atoms with van der Waals surface area (Å²) in [5, 5.41) is 11.2. The fourth-order valence-electron chi connectivity index (χ4n) is 3.83. The third kappa shape index (κ3) is 14.8. The molecule has 0 aliphatic carbocycles. The summed E-state index contributed by atoms with van der Waals surface area (Å²) in [6, 6.07) is 8.64. The van der Waals surface area contributed by atoms with Crippen LogP contribution in [0, 0.1) is 10.1 Å². The molecule has 0 bridgehead atoms. The normalized spacial score (nSPS) is 11.5. The van der Waals surface area contributed by atoms with Crippen LogP contribution in [-0.2, 0) is 9.53 Å². The predicted octanol–water partition coefficient (Wildman–Crippen LogP) is 8.11. The van der Waals surface area contributed by atoms with E-state index in [4.69, 9.17) is 4.74 Å². The van der Waals surface area contributed by atoms with Gasteiger partial charge in [-0.1, -0.05) is 115 Å². The third-order valence-electron chi connectivity index (χ3n) is 5.77. The number of ether oxygens (including phenoxy) is 1. The summed E-state index contributed by atoms with van der Waals surface area (Å²) in [4.78, 5) is 22.6. The first-order valence-electron chi connectivity index (χ1n) is 12.7. The van der Waals surface area contributed by atoms with Crippen LogP contribution in [0.15, 0.2) is 36.4 Å². The minimum Gasteiger partial charge on any atom is -0.461 e. The highest BCUT2D eigenvalue weighted by Gasteiger charge is 2.13. The van der Waals surface area contributed by atoms with Gasteiger partial charge >= 0.3 is 5.97 Å². The van der Waals surface area contributed by atoms with E-state index in [2.05, 4.69) is 6.92 Å². The van der Waals surface area contributed by atoms with Crippen LogP contribution in [0.1, 0.15) is 115 Å². The molecule has 180 valence electrons. The second-order valence-corrected chi connectivity index (χ2v) is 8.60. The van der Waals surface area contributed by atoms with Crippen molar-refractivity contribution in [1.29, 1.82) is 0 Å². The number of carbonyl (C=O) groups excluding carboxylic acids is 1. The van der Waals surface area contributed by atoms with E-state index in [9.17, 15) is 14.9 Å². The van der Waals surface area contributed by atoms with Crippen LogP contribution in [-0.4, -0.2) is 17.5 Å². The summed E-state index contributed by atoms with van der Waals surface area (Å²) in [6.45, 7) is 2.20. The Morgan fingerprint density at radius 2 is 1.28 bits per heavy atom.